The van der Waals surface area contributed by atoms with Crippen molar-refractivity contribution in [1.82, 2.24) is 0 Å². The number of carboxylic acid groups (broad SMARTS) is 1. The molecule has 1 aromatic rings. The van der Waals surface area contributed by atoms with Gasteiger partial charge >= 0.3 is 5.97 Å². The van der Waals surface area contributed by atoms with E-state index in [2.05, 4.69) is 24.3 Å². The Morgan fingerprint density at radius 1 is 1.31 bits per heavy atom. The molecule has 0 radical (unpaired) electrons. The first kappa shape index (κ1) is 11.2. The first-order chi connectivity index (χ1) is 7.77. The summed E-state index contributed by atoms with van der Waals surface area (Å²) in [7, 11) is 0. The van der Waals surface area contributed by atoms with Gasteiger partial charge < -0.3 is 5.11 Å². The molecule has 0 unspecified atom stereocenters. The maximum Gasteiger partial charge on any atom is 0.303 e. The van der Waals surface area contributed by atoms with Crippen LogP contribution in [0.4, 0.5) is 0 Å². The van der Waals surface area contributed by atoms with Gasteiger partial charge in [0.1, 0.15) is 0 Å². The average Bonchev–Trinajstić information content (AvgIpc) is 2.17. The largest absolute Gasteiger partial charge is 0.481 e. The number of hydrogen-bond donors (Lipinski definition) is 1. The highest BCUT2D eigenvalue weighted by Crippen LogP contribution is 2.38. The van der Waals surface area contributed by atoms with Crippen molar-refractivity contribution in [2.75, 3.05) is 0 Å². The summed E-state index contributed by atoms with van der Waals surface area (Å²) in [4.78, 5) is 10.5. The second-order valence-electron chi connectivity index (χ2n) is 4.57. The van der Waals surface area contributed by atoms with Crippen LogP contribution in [0, 0.1) is 0 Å². The van der Waals surface area contributed by atoms with Gasteiger partial charge in [0.25, 0.3) is 0 Å². The minimum absolute atomic E-state index is 0.277. The van der Waals surface area contributed by atoms with Gasteiger partial charge in [0, 0.05) is 6.42 Å². The van der Waals surface area contributed by atoms with Gasteiger partial charge in [-0.2, -0.15) is 0 Å². The molecule has 2 nitrogen and oxygen atoms in total. The Morgan fingerprint density at radius 3 is 2.69 bits per heavy atom. The maximum absolute atomic E-state index is 10.5. The number of benzene rings is 1. The van der Waals surface area contributed by atoms with Crippen LogP contribution in [-0.2, 0) is 11.2 Å². The first-order valence-electron chi connectivity index (χ1n) is 6.07. The van der Waals surface area contributed by atoms with Crippen LogP contribution in [0.15, 0.2) is 24.3 Å². The summed E-state index contributed by atoms with van der Waals surface area (Å²) in [6, 6.07) is 8.50. The molecule has 0 amide bonds. The van der Waals surface area contributed by atoms with Crippen molar-refractivity contribution >= 4 is 5.97 Å². The third-order valence-corrected chi connectivity index (χ3v) is 3.44. The number of hydrogen-bond acceptors (Lipinski definition) is 1. The van der Waals surface area contributed by atoms with Crippen LogP contribution in [0.5, 0.6) is 0 Å². The highest BCUT2D eigenvalue weighted by molar-refractivity contribution is 5.66. The molecule has 16 heavy (non-hydrogen) atoms. The summed E-state index contributed by atoms with van der Waals surface area (Å²) in [6.07, 6.45) is 5.87. The molecule has 0 atom stereocenters. The topological polar surface area (TPSA) is 37.3 Å². The lowest BCUT2D eigenvalue weighted by Crippen LogP contribution is -2.11. The zero-order chi connectivity index (χ0) is 11.4. The van der Waals surface area contributed by atoms with Crippen molar-refractivity contribution in [1.29, 1.82) is 0 Å². The summed E-state index contributed by atoms with van der Waals surface area (Å²) < 4.78 is 0. The van der Waals surface area contributed by atoms with Crippen molar-refractivity contribution in [2.45, 2.75) is 44.4 Å². The number of carbonyl (C=O) groups is 1. The van der Waals surface area contributed by atoms with Gasteiger partial charge in [0.05, 0.1) is 0 Å². The number of aryl methyl sites for hydroxylation is 1. The highest BCUT2D eigenvalue weighted by atomic mass is 16.4. The molecule has 0 saturated heterocycles. The van der Waals surface area contributed by atoms with E-state index in [9.17, 15) is 4.79 Å². The van der Waals surface area contributed by atoms with E-state index in [0.29, 0.717) is 0 Å². The van der Waals surface area contributed by atoms with E-state index < -0.39 is 5.97 Å². The van der Waals surface area contributed by atoms with Gasteiger partial charge in [-0.25, -0.2) is 0 Å². The molecule has 2 rings (SSSR count). The van der Waals surface area contributed by atoms with E-state index in [1.54, 1.807) is 0 Å². The van der Waals surface area contributed by atoms with Gasteiger partial charge in [-0.05, 0) is 42.7 Å². The molecule has 0 aliphatic heterocycles. The Bertz CT molecular complexity index is 367. The molecule has 1 N–H and O–H groups in total. The van der Waals surface area contributed by atoms with E-state index in [1.165, 1.54) is 30.4 Å². The summed E-state index contributed by atoms with van der Waals surface area (Å²) in [5.41, 5.74) is 2.81. The smallest absolute Gasteiger partial charge is 0.303 e. The van der Waals surface area contributed by atoms with Crippen molar-refractivity contribution < 1.29 is 9.90 Å². The maximum atomic E-state index is 10.5. The Labute approximate surface area is 96.3 Å². The molecule has 86 valence electrons. The minimum Gasteiger partial charge on any atom is -0.481 e. The van der Waals surface area contributed by atoms with Crippen LogP contribution >= 0.6 is 0 Å². The Balaban J connectivity index is 1.98. The zero-order valence-electron chi connectivity index (χ0n) is 9.48. The molecular weight excluding hydrogens is 200 g/mol. The van der Waals surface area contributed by atoms with Crippen molar-refractivity contribution in [3.05, 3.63) is 35.4 Å². The standard InChI is InChI=1S/C14H18O2/c15-14(16)10-4-8-11-5-1-2-9-13(11)12-6-3-7-12/h1-2,5,9,12H,3-4,6-8,10H2,(H,15,16). The molecule has 2 heteroatoms. The van der Waals surface area contributed by atoms with Crippen LogP contribution < -0.4 is 0 Å². The Kier molecular flexibility index (Phi) is 3.60. The van der Waals surface area contributed by atoms with Crippen LogP contribution in [-0.4, -0.2) is 11.1 Å². The van der Waals surface area contributed by atoms with Crippen LogP contribution in [0.3, 0.4) is 0 Å². The van der Waals surface area contributed by atoms with Crippen molar-refractivity contribution in [3.63, 3.8) is 0 Å². The highest BCUT2D eigenvalue weighted by Gasteiger charge is 2.21. The summed E-state index contributed by atoms with van der Waals surface area (Å²) in [5.74, 6) is 0.0437. The van der Waals surface area contributed by atoms with E-state index in [1.807, 2.05) is 0 Å². The SMILES string of the molecule is O=C(O)CCCc1ccccc1C1CCC1. The average molecular weight is 218 g/mol. The lowest BCUT2D eigenvalue weighted by atomic mass is 9.77. The Morgan fingerprint density at radius 2 is 2.06 bits per heavy atom. The fourth-order valence-electron chi connectivity index (χ4n) is 2.31. The van der Waals surface area contributed by atoms with Gasteiger partial charge in [0.15, 0.2) is 0 Å². The fourth-order valence-corrected chi connectivity index (χ4v) is 2.31. The molecule has 1 saturated carbocycles. The molecule has 0 bridgehead atoms. The zero-order valence-corrected chi connectivity index (χ0v) is 9.48. The quantitative estimate of drug-likeness (QED) is 0.822. The molecular formula is C14H18O2. The minimum atomic E-state index is -0.693. The van der Waals surface area contributed by atoms with Gasteiger partial charge in [-0.15, -0.1) is 0 Å². The number of rotatable bonds is 5. The molecule has 1 fully saturated rings. The normalized spacial score (nSPS) is 15.8. The first-order valence-corrected chi connectivity index (χ1v) is 6.07. The van der Waals surface area contributed by atoms with E-state index >= 15 is 0 Å². The van der Waals surface area contributed by atoms with Crippen molar-refractivity contribution in [3.8, 4) is 0 Å². The molecule has 0 heterocycles. The fraction of sp³-hybridized carbons (Fsp3) is 0.500. The van der Waals surface area contributed by atoms with E-state index in [4.69, 9.17) is 5.11 Å². The molecule has 0 aromatic heterocycles. The van der Waals surface area contributed by atoms with Crippen molar-refractivity contribution in [2.24, 2.45) is 0 Å². The third kappa shape index (κ3) is 2.63. The van der Waals surface area contributed by atoms with E-state index in [0.717, 1.165) is 18.8 Å². The number of aliphatic carboxylic acids is 1. The summed E-state index contributed by atoms with van der Waals surface area (Å²) in [6.45, 7) is 0. The third-order valence-electron chi connectivity index (χ3n) is 3.44. The van der Waals surface area contributed by atoms with Gasteiger partial charge in [0.2, 0.25) is 0 Å². The lowest BCUT2D eigenvalue weighted by molar-refractivity contribution is -0.137. The van der Waals surface area contributed by atoms with Crippen LogP contribution in [0.25, 0.3) is 0 Å². The molecule has 1 aliphatic rings. The second kappa shape index (κ2) is 5.15. The van der Waals surface area contributed by atoms with Crippen LogP contribution in [0.1, 0.15) is 49.1 Å². The van der Waals surface area contributed by atoms with Crippen LogP contribution in [0.2, 0.25) is 0 Å². The van der Waals surface area contributed by atoms with Gasteiger partial charge in [-0.1, -0.05) is 30.7 Å². The number of carboxylic acids is 1. The summed E-state index contributed by atoms with van der Waals surface area (Å²) >= 11 is 0. The predicted molar refractivity (Wildman–Crippen MR) is 63.6 cm³/mol. The van der Waals surface area contributed by atoms with Gasteiger partial charge in [-0.3, -0.25) is 4.79 Å². The summed E-state index contributed by atoms with van der Waals surface area (Å²) in [5, 5.41) is 8.63. The predicted octanol–water partition coefficient (Wildman–Crippen LogP) is 3.36. The molecule has 1 aliphatic carbocycles. The monoisotopic (exact) mass is 218 g/mol. The lowest BCUT2D eigenvalue weighted by Gasteiger charge is -2.28. The second-order valence-corrected chi connectivity index (χ2v) is 4.57. The molecule has 1 aromatic carbocycles. The Hall–Kier alpha value is -1.31. The molecule has 0 spiro atoms. The van der Waals surface area contributed by atoms with E-state index in [-0.39, 0.29) is 6.42 Å².